The third-order valence-corrected chi connectivity index (χ3v) is 2.16. The van der Waals surface area contributed by atoms with E-state index in [0.29, 0.717) is 5.82 Å². The van der Waals surface area contributed by atoms with Gasteiger partial charge in [0.15, 0.2) is 5.76 Å². The Bertz CT molecular complexity index is 504. The van der Waals surface area contributed by atoms with Crippen LogP contribution in [0.4, 0.5) is 5.82 Å². The number of aromatic nitrogens is 2. The molecule has 0 aliphatic carbocycles. The van der Waals surface area contributed by atoms with Gasteiger partial charge in [-0.15, -0.1) is 0 Å². The number of nitrogens with zero attached hydrogens (tertiary/aromatic N) is 1. The molecule has 0 radical (unpaired) electrons. The Morgan fingerprint density at radius 1 is 1.39 bits per heavy atom. The van der Waals surface area contributed by atoms with Crippen molar-refractivity contribution in [1.29, 1.82) is 0 Å². The van der Waals surface area contributed by atoms with Crippen molar-refractivity contribution in [3.8, 4) is 0 Å². The van der Waals surface area contributed by atoms with E-state index < -0.39 is 0 Å². The Morgan fingerprint density at radius 3 is 2.94 bits per heavy atom. The molecule has 7 nitrogen and oxygen atoms in total. The highest BCUT2D eigenvalue weighted by Gasteiger charge is 2.08. The summed E-state index contributed by atoms with van der Waals surface area (Å²) < 4.78 is 4.91. The van der Waals surface area contributed by atoms with Crippen molar-refractivity contribution < 1.29 is 14.0 Å². The van der Waals surface area contributed by atoms with E-state index in [1.807, 2.05) is 0 Å². The van der Waals surface area contributed by atoms with Crippen molar-refractivity contribution in [1.82, 2.24) is 15.5 Å². The monoisotopic (exact) mass is 248 g/mol. The van der Waals surface area contributed by atoms with Crippen molar-refractivity contribution in [2.24, 2.45) is 0 Å². The summed E-state index contributed by atoms with van der Waals surface area (Å²) in [5.41, 5.74) is 0. The van der Waals surface area contributed by atoms with Gasteiger partial charge in [-0.3, -0.25) is 14.7 Å². The van der Waals surface area contributed by atoms with E-state index in [0.717, 1.165) is 0 Å². The van der Waals surface area contributed by atoms with Crippen LogP contribution in [0, 0.1) is 0 Å². The summed E-state index contributed by atoms with van der Waals surface area (Å²) in [5, 5.41) is 11.5. The fourth-order valence-corrected chi connectivity index (χ4v) is 1.32. The maximum absolute atomic E-state index is 11.5. The van der Waals surface area contributed by atoms with Crippen LogP contribution in [0.5, 0.6) is 0 Å². The second-order valence-corrected chi connectivity index (χ2v) is 3.50. The van der Waals surface area contributed by atoms with Gasteiger partial charge in [0.25, 0.3) is 5.91 Å². The molecule has 2 heterocycles. The van der Waals surface area contributed by atoms with Crippen molar-refractivity contribution in [2.45, 2.75) is 6.42 Å². The number of hydrogen-bond acceptors (Lipinski definition) is 4. The topological polar surface area (TPSA) is 100 Å². The van der Waals surface area contributed by atoms with Gasteiger partial charge in [0.1, 0.15) is 5.82 Å². The minimum Gasteiger partial charge on any atom is -0.459 e. The zero-order valence-corrected chi connectivity index (χ0v) is 9.47. The molecule has 0 saturated heterocycles. The first kappa shape index (κ1) is 11.9. The van der Waals surface area contributed by atoms with Gasteiger partial charge in [0, 0.05) is 19.0 Å². The molecule has 2 rings (SSSR count). The van der Waals surface area contributed by atoms with Crippen LogP contribution < -0.4 is 10.6 Å². The lowest BCUT2D eigenvalue weighted by molar-refractivity contribution is -0.116. The van der Waals surface area contributed by atoms with E-state index in [9.17, 15) is 9.59 Å². The number of hydrogen-bond donors (Lipinski definition) is 3. The Balaban J connectivity index is 1.69. The molecule has 7 heteroatoms. The third kappa shape index (κ3) is 3.21. The molecule has 0 aromatic carbocycles. The summed E-state index contributed by atoms with van der Waals surface area (Å²) >= 11 is 0. The smallest absolute Gasteiger partial charge is 0.286 e. The number of carbonyl (C=O) groups excluding carboxylic acids is 2. The molecule has 2 amide bonds. The number of rotatable bonds is 5. The van der Waals surface area contributed by atoms with Crippen molar-refractivity contribution in [2.75, 3.05) is 11.9 Å². The maximum atomic E-state index is 11.5. The molecule has 0 bridgehead atoms. The number of nitrogens with one attached hydrogen (secondary N) is 3. The minimum atomic E-state index is -0.339. The number of anilines is 1. The maximum Gasteiger partial charge on any atom is 0.286 e. The van der Waals surface area contributed by atoms with Crippen LogP contribution >= 0.6 is 0 Å². The number of aromatic amines is 1. The second-order valence-electron chi connectivity index (χ2n) is 3.50. The van der Waals surface area contributed by atoms with Gasteiger partial charge in [-0.1, -0.05) is 0 Å². The first-order valence-electron chi connectivity index (χ1n) is 5.36. The van der Waals surface area contributed by atoms with E-state index in [4.69, 9.17) is 4.42 Å². The molecule has 0 spiro atoms. The Labute approximate surface area is 103 Å². The molecular weight excluding hydrogens is 236 g/mol. The van der Waals surface area contributed by atoms with Crippen LogP contribution in [0.2, 0.25) is 0 Å². The van der Waals surface area contributed by atoms with E-state index in [-0.39, 0.29) is 30.5 Å². The van der Waals surface area contributed by atoms with Crippen LogP contribution in [-0.2, 0) is 4.79 Å². The molecular formula is C11H12N4O3. The number of carbonyl (C=O) groups is 2. The lowest BCUT2D eigenvalue weighted by atomic mass is 10.3. The summed E-state index contributed by atoms with van der Waals surface area (Å²) in [5.74, 6) is 0.203. The van der Waals surface area contributed by atoms with Gasteiger partial charge in [-0.05, 0) is 12.1 Å². The summed E-state index contributed by atoms with van der Waals surface area (Å²) in [7, 11) is 0. The fraction of sp³-hybridized carbons (Fsp3) is 0.182. The number of furan rings is 1. The van der Waals surface area contributed by atoms with Crippen molar-refractivity contribution in [3.05, 3.63) is 36.4 Å². The van der Waals surface area contributed by atoms with E-state index in [1.54, 1.807) is 18.2 Å². The van der Waals surface area contributed by atoms with E-state index in [1.165, 1.54) is 12.5 Å². The van der Waals surface area contributed by atoms with Gasteiger partial charge in [0.05, 0.1) is 12.5 Å². The lowest BCUT2D eigenvalue weighted by Gasteiger charge is -2.03. The predicted molar refractivity (Wildman–Crippen MR) is 62.9 cm³/mol. The Hall–Kier alpha value is -2.57. The molecule has 0 atom stereocenters. The molecule has 0 unspecified atom stereocenters. The van der Waals surface area contributed by atoms with Gasteiger partial charge in [0.2, 0.25) is 5.91 Å². The fourth-order valence-electron chi connectivity index (χ4n) is 1.32. The second kappa shape index (κ2) is 5.67. The summed E-state index contributed by atoms with van der Waals surface area (Å²) in [4.78, 5) is 22.9. The highest BCUT2D eigenvalue weighted by Crippen LogP contribution is 2.00. The SMILES string of the molecule is O=C(CCNC(=O)c1ccco1)Nc1ccn[nH]1. The van der Waals surface area contributed by atoms with Gasteiger partial charge < -0.3 is 15.1 Å². The van der Waals surface area contributed by atoms with Crippen molar-refractivity contribution in [3.63, 3.8) is 0 Å². The van der Waals surface area contributed by atoms with Crippen LogP contribution in [0.3, 0.4) is 0 Å². The Kier molecular flexibility index (Phi) is 3.75. The highest BCUT2D eigenvalue weighted by molar-refractivity contribution is 5.93. The van der Waals surface area contributed by atoms with Crippen LogP contribution in [0.15, 0.2) is 35.1 Å². The number of amides is 2. The first-order valence-corrected chi connectivity index (χ1v) is 5.36. The molecule has 0 aliphatic heterocycles. The zero-order chi connectivity index (χ0) is 12.8. The molecule has 0 aliphatic rings. The largest absolute Gasteiger partial charge is 0.459 e. The average Bonchev–Trinajstić information content (AvgIpc) is 3.00. The van der Waals surface area contributed by atoms with Gasteiger partial charge in [-0.25, -0.2) is 0 Å². The molecule has 0 saturated carbocycles. The molecule has 94 valence electrons. The van der Waals surface area contributed by atoms with Gasteiger partial charge >= 0.3 is 0 Å². The normalized spacial score (nSPS) is 10.0. The average molecular weight is 248 g/mol. The van der Waals surface area contributed by atoms with E-state index >= 15 is 0 Å². The number of H-pyrrole nitrogens is 1. The summed E-state index contributed by atoms with van der Waals surface area (Å²) in [6, 6.07) is 4.82. The minimum absolute atomic E-state index is 0.172. The standard InChI is InChI=1S/C11H12N4O3/c16-10(14-9-3-6-13-15-9)4-5-12-11(17)8-2-1-7-18-8/h1-3,6-7H,4-5H2,(H,12,17)(H2,13,14,15,16). The lowest BCUT2D eigenvalue weighted by Crippen LogP contribution is -2.27. The van der Waals surface area contributed by atoms with Gasteiger partial charge in [-0.2, -0.15) is 5.10 Å². The predicted octanol–water partition coefficient (Wildman–Crippen LogP) is 0.761. The summed E-state index contributed by atoms with van der Waals surface area (Å²) in [6.45, 7) is 0.236. The van der Waals surface area contributed by atoms with Crippen LogP contribution in [0.25, 0.3) is 0 Å². The molecule has 0 fully saturated rings. The molecule has 18 heavy (non-hydrogen) atoms. The molecule has 2 aromatic heterocycles. The third-order valence-electron chi connectivity index (χ3n) is 2.16. The van der Waals surface area contributed by atoms with Crippen molar-refractivity contribution >= 4 is 17.6 Å². The highest BCUT2D eigenvalue weighted by atomic mass is 16.3. The molecule has 2 aromatic rings. The zero-order valence-electron chi connectivity index (χ0n) is 9.47. The first-order chi connectivity index (χ1) is 8.75. The quantitative estimate of drug-likeness (QED) is 0.727. The summed E-state index contributed by atoms with van der Waals surface area (Å²) in [6.07, 6.45) is 3.12. The van der Waals surface area contributed by atoms with Crippen LogP contribution in [-0.4, -0.2) is 28.6 Å². The molecule has 3 N–H and O–H groups in total. The Morgan fingerprint density at radius 2 is 2.28 bits per heavy atom. The van der Waals surface area contributed by atoms with Crippen LogP contribution in [0.1, 0.15) is 17.0 Å². The van der Waals surface area contributed by atoms with E-state index in [2.05, 4.69) is 20.8 Å².